The Hall–Kier alpha value is -4.98. The van der Waals surface area contributed by atoms with E-state index in [2.05, 4.69) is 13.8 Å². The number of rotatable bonds is 6. The van der Waals surface area contributed by atoms with E-state index >= 15 is 0 Å². The lowest BCUT2D eigenvalue weighted by atomic mass is 9.78. The van der Waals surface area contributed by atoms with E-state index in [9.17, 15) is 9.59 Å². The fraction of sp³-hybridized carbons (Fsp3) is 0.103. The lowest BCUT2D eigenvalue weighted by Gasteiger charge is -2.26. The number of carbonyl (C=O) groups excluding carboxylic acids is 2. The van der Waals surface area contributed by atoms with Crippen LogP contribution in [0.4, 0.5) is 21.0 Å². The summed E-state index contributed by atoms with van der Waals surface area (Å²) in [4.78, 5) is 24.1. The molecule has 4 aromatic carbocycles. The first-order chi connectivity index (χ1) is 17.7. The van der Waals surface area contributed by atoms with Crippen molar-refractivity contribution in [1.82, 2.24) is 0 Å². The SMILES string of the molecule is CC(C)(c1ccc(OC(=O)Oc2ccc(N)cc2)cc1)c1ccc(OC(=O)Oc2ccc(N)cc2)cc1. The summed E-state index contributed by atoms with van der Waals surface area (Å²) in [5.41, 5.74) is 14.0. The highest BCUT2D eigenvalue weighted by atomic mass is 16.7. The van der Waals surface area contributed by atoms with Gasteiger partial charge >= 0.3 is 12.3 Å². The van der Waals surface area contributed by atoms with Gasteiger partial charge in [0.1, 0.15) is 23.0 Å². The second-order valence-corrected chi connectivity index (χ2v) is 8.72. The number of benzene rings is 4. The third kappa shape index (κ3) is 6.58. The summed E-state index contributed by atoms with van der Waals surface area (Å²) in [6.45, 7) is 4.12. The summed E-state index contributed by atoms with van der Waals surface area (Å²) in [6.07, 6.45) is -1.69. The van der Waals surface area contributed by atoms with Gasteiger partial charge in [-0.1, -0.05) is 38.1 Å². The Morgan fingerprint density at radius 3 is 1.00 bits per heavy atom. The predicted molar refractivity (Wildman–Crippen MR) is 140 cm³/mol. The van der Waals surface area contributed by atoms with E-state index in [0.717, 1.165) is 11.1 Å². The standard InChI is InChI=1S/C29H26N2O6/c1-29(2,19-3-11-23(12-4-19)34-27(32)36-25-15-7-21(30)8-16-25)20-5-13-24(14-6-20)35-28(33)37-26-17-9-22(31)10-18-26/h3-18H,30-31H2,1-2H3. The molecule has 0 aromatic heterocycles. The summed E-state index contributed by atoms with van der Waals surface area (Å²) in [7, 11) is 0. The van der Waals surface area contributed by atoms with E-state index in [1.54, 1.807) is 72.8 Å². The van der Waals surface area contributed by atoms with E-state index < -0.39 is 12.3 Å². The Morgan fingerprint density at radius 2 is 0.730 bits per heavy atom. The number of nitrogen functional groups attached to an aromatic ring is 2. The molecule has 0 unspecified atom stereocenters. The van der Waals surface area contributed by atoms with Gasteiger partial charge in [0.25, 0.3) is 0 Å². The quantitative estimate of drug-likeness (QED) is 0.179. The van der Waals surface area contributed by atoms with Crippen LogP contribution in [-0.4, -0.2) is 12.3 Å². The minimum atomic E-state index is -0.845. The average molecular weight is 499 g/mol. The van der Waals surface area contributed by atoms with Crippen LogP contribution < -0.4 is 30.4 Å². The number of hydrogen-bond donors (Lipinski definition) is 2. The van der Waals surface area contributed by atoms with Crippen molar-refractivity contribution in [3.63, 3.8) is 0 Å². The van der Waals surface area contributed by atoms with Gasteiger partial charge in [0.2, 0.25) is 0 Å². The minimum Gasteiger partial charge on any atom is -0.399 e. The van der Waals surface area contributed by atoms with Crippen molar-refractivity contribution in [2.24, 2.45) is 0 Å². The number of anilines is 2. The van der Waals surface area contributed by atoms with Crippen LogP contribution in [0.2, 0.25) is 0 Å². The molecule has 188 valence electrons. The van der Waals surface area contributed by atoms with E-state index in [4.69, 9.17) is 30.4 Å². The first-order valence-electron chi connectivity index (χ1n) is 11.4. The van der Waals surface area contributed by atoms with E-state index in [-0.39, 0.29) is 5.41 Å². The van der Waals surface area contributed by atoms with Gasteiger partial charge in [-0.15, -0.1) is 0 Å². The normalized spacial score (nSPS) is 10.9. The molecule has 4 N–H and O–H groups in total. The summed E-state index contributed by atoms with van der Waals surface area (Å²) in [5, 5.41) is 0. The number of carbonyl (C=O) groups is 2. The number of nitrogens with two attached hydrogens (primary N) is 2. The summed E-state index contributed by atoms with van der Waals surface area (Å²) in [6, 6.07) is 27.2. The van der Waals surface area contributed by atoms with Crippen LogP contribution in [-0.2, 0) is 5.41 Å². The van der Waals surface area contributed by atoms with Crippen molar-refractivity contribution in [3.05, 3.63) is 108 Å². The molecule has 0 aliphatic carbocycles. The maximum atomic E-state index is 12.1. The van der Waals surface area contributed by atoms with Crippen LogP contribution >= 0.6 is 0 Å². The van der Waals surface area contributed by atoms with Crippen molar-refractivity contribution < 1.29 is 28.5 Å². The lowest BCUT2D eigenvalue weighted by molar-refractivity contribution is 0.150. The molecule has 0 aliphatic heterocycles. The maximum absolute atomic E-state index is 12.1. The van der Waals surface area contributed by atoms with Gasteiger partial charge in [0, 0.05) is 16.8 Å². The molecule has 0 fully saturated rings. The van der Waals surface area contributed by atoms with E-state index in [0.29, 0.717) is 34.4 Å². The van der Waals surface area contributed by atoms with Gasteiger partial charge < -0.3 is 30.4 Å². The van der Waals surface area contributed by atoms with Gasteiger partial charge in [0.05, 0.1) is 0 Å². The molecule has 8 nitrogen and oxygen atoms in total. The fourth-order valence-electron chi connectivity index (χ4n) is 3.54. The number of hydrogen-bond acceptors (Lipinski definition) is 8. The Morgan fingerprint density at radius 1 is 0.486 bits per heavy atom. The van der Waals surface area contributed by atoms with Crippen molar-refractivity contribution >= 4 is 23.7 Å². The lowest BCUT2D eigenvalue weighted by Crippen LogP contribution is -2.19. The van der Waals surface area contributed by atoms with Crippen molar-refractivity contribution in [2.45, 2.75) is 19.3 Å². The molecule has 0 radical (unpaired) electrons. The molecule has 4 rings (SSSR count). The van der Waals surface area contributed by atoms with Crippen molar-refractivity contribution in [3.8, 4) is 23.0 Å². The molecule has 37 heavy (non-hydrogen) atoms. The molecule has 0 saturated carbocycles. The van der Waals surface area contributed by atoms with Crippen LogP contribution in [0.3, 0.4) is 0 Å². The van der Waals surface area contributed by atoms with Gasteiger partial charge in [-0.05, 0) is 83.9 Å². The first kappa shape index (κ1) is 25.1. The smallest absolute Gasteiger partial charge is 0.399 e. The Labute approximate surface area is 214 Å². The van der Waals surface area contributed by atoms with Gasteiger partial charge in [-0.2, -0.15) is 0 Å². The molecular weight excluding hydrogens is 472 g/mol. The Bertz CT molecular complexity index is 1260. The van der Waals surface area contributed by atoms with E-state index in [1.165, 1.54) is 0 Å². The second kappa shape index (κ2) is 10.7. The van der Waals surface area contributed by atoms with Gasteiger partial charge in [-0.3, -0.25) is 0 Å². The van der Waals surface area contributed by atoms with Gasteiger partial charge in [-0.25, -0.2) is 9.59 Å². The zero-order valence-electron chi connectivity index (χ0n) is 20.3. The molecule has 0 saturated heterocycles. The van der Waals surface area contributed by atoms with E-state index in [1.807, 2.05) is 24.3 Å². The molecule has 0 spiro atoms. The maximum Gasteiger partial charge on any atom is 0.519 e. The van der Waals surface area contributed by atoms with Crippen LogP contribution in [0, 0.1) is 0 Å². The predicted octanol–water partition coefficient (Wildman–Crippen LogP) is 6.33. The van der Waals surface area contributed by atoms with Crippen molar-refractivity contribution in [2.75, 3.05) is 11.5 Å². The molecular formula is C29H26N2O6. The average Bonchev–Trinajstić information content (AvgIpc) is 2.87. The molecule has 0 atom stereocenters. The monoisotopic (exact) mass is 498 g/mol. The molecule has 0 amide bonds. The van der Waals surface area contributed by atoms with Crippen LogP contribution in [0.5, 0.6) is 23.0 Å². The van der Waals surface area contributed by atoms with Crippen LogP contribution in [0.1, 0.15) is 25.0 Å². The molecule has 4 aromatic rings. The van der Waals surface area contributed by atoms with Crippen LogP contribution in [0.25, 0.3) is 0 Å². The molecule has 8 heteroatoms. The molecule has 0 heterocycles. The highest BCUT2D eigenvalue weighted by molar-refractivity contribution is 5.68. The molecule has 0 bridgehead atoms. The minimum absolute atomic E-state index is 0.336. The third-order valence-electron chi connectivity index (χ3n) is 5.72. The largest absolute Gasteiger partial charge is 0.519 e. The summed E-state index contributed by atoms with van der Waals surface area (Å²) < 4.78 is 20.8. The van der Waals surface area contributed by atoms with Crippen molar-refractivity contribution in [1.29, 1.82) is 0 Å². The topological polar surface area (TPSA) is 123 Å². The fourth-order valence-corrected chi connectivity index (χ4v) is 3.54. The Balaban J connectivity index is 1.35. The highest BCUT2D eigenvalue weighted by Gasteiger charge is 2.23. The Kier molecular flexibility index (Phi) is 7.29. The highest BCUT2D eigenvalue weighted by Crippen LogP contribution is 2.33. The number of ether oxygens (including phenoxy) is 4. The van der Waals surface area contributed by atoms with Gasteiger partial charge in [0.15, 0.2) is 0 Å². The summed E-state index contributed by atoms with van der Waals surface area (Å²) in [5.74, 6) is 1.37. The summed E-state index contributed by atoms with van der Waals surface area (Å²) >= 11 is 0. The zero-order chi connectivity index (χ0) is 26.4. The van der Waals surface area contributed by atoms with Crippen LogP contribution in [0.15, 0.2) is 97.1 Å². The second-order valence-electron chi connectivity index (χ2n) is 8.72. The first-order valence-corrected chi connectivity index (χ1v) is 11.4. The third-order valence-corrected chi connectivity index (χ3v) is 5.72. The molecule has 0 aliphatic rings. The zero-order valence-corrected chi connectivity index (χ0v) is 20.3.